The fraction of sp³-hybridized carbons (Fsp3) is 0.294. The second-order valence-corrected chi connectivity index (χ2v) is 6.46. The van der Waals surface area contributed by atoms with Crippen LogP contribution < -0.4 is 5.32 Å². The molecule has 2 nitrogen and oxygen atoms in total. The summed E-state index contributed by atoms with van der Waals surface area (Å²) in [4.78, 5) is 1.13. The molecule has 2 heterocycles. The van der Waals surface area contributed by atoms with Gasteiger partial charge in [-0.3, -0.25) is 0 Å². The van der Waals surface area contributed by atoms with Gasteiger partial charge in [0.05, 0.1) is 5.02 Å². The van der Waals surface area contributed by atoms with E-state index in [2.05, 4.69) is 29.8 Å². The van der Waals surface area contributed by atoms with Gasteiger partial charge < -0.3 is 9.73 Å². The zero-order valence-corrected chi connectivity index (χ0v) is 13.7. The van der Waals surface area contributed by atoms with Gasteiger partial charge in [-0.25, -0.2) is 0 Å². The normalized spacial score (nSPS) is 12.9. The summed E-state index contributed by atoms with van der Waals surface area (Å²) in [6.07, 6.45) is 1.07. The molecule has 21 heavy (non-hydrogen) atoms. The maximum absolute atomic E-state index is 6.46. The van der Waals surface area contributed by atoms with E-state index >= 15 is 0 Å². The van der Waals surface area contributed by atoms with Crippen molar-refractivity contribution in [3.05, 3.63) is 56.9 Å². The molecule has 110 valence electrons. The van der Waals surface area contributed by atoms with Gasteiger partial charge >= 0.3 is 0 Å². The van der Waals surface area contributed by atoms with Crippen molar-refractivity contribution in [2.45, 2.75) is 26.3 Å². The molecule has 0 fully saturated rings. The SMILES string of the molecule is CCCNC(c1cc2ccccc2o1)c1scc(C)c1Cl. The molecule has 1 atom stereocenters. The number of halogens is 1. The number of furan rings is 1. The Morgan fingerprint density at radius 2 is 2.14 bits per heavy atom. The van der Waals surface area contributed by atoms with Gasteiger partial charge in [-0.2, -0.15) is 0 Å². The van der Waals surface area contributed by atoms with E-state index in [1.807, 2.05) is 25.1 Å². The lowest BCUT2D eigenvalue weighted by molar-refractivity contribution is 0.473. The molecule has 2 aromatic heterocycles. The molecule has 0 aliphatic carbocycles. The number of benzene rings is 1. The van der Waals surface area contributed by atoms with Gasteiger partial charge in [0.2, 0.25) is 0 Å². The lowest BCUT2D eigenvalue weighted by atomic mass is 10.1. The molecule has 1 aromatic carbocycles. The molecule has 1 N–H and O–H groups in total. The van der Waals surface area contributed by atoms with Crippen LogP contribution in [0.3, 0.4) is 0 Å². The minimum atomic E-state index is 0.0172. The van der Waals surface area contributed by atoms with Gasteiger partial charge in [-0.1, -0.05) is 36.7 Å². The molecule has 0 radical (unpaired) electrons. The molecule has 0 aliphatic heterocycles. The van der Waals surface area contributed by atoms with Gasteiger partial charge in [0, 0.05) is 10.3 Å². The Hall–Kier alpha value is -1.29. The van der Waals surface area contributed by atoms with Crippen LogP contribution in [-0.2, 0) is 0 Å². The molecular formula is C17H18ClNOS. The summed E-state index contributed by atoms with van der Waals surface area (Å²) < 4.78 is 6.03. The highest BCUT2D eigenvalue weighted by molar-refractivity contribution is 7.10. The van der Waals surface area contributed by atoms with Crippen molar-refractivity contribution in [2.75, 3.05) is 6.54 Å². The Kier molecular flexibility index (Phi) is 4.34. The quantitative estimate of drug-likeness (QED) is 0.667. The second-order valence-electron chi connectivity index (χ2n) is 5.17. The number of aryl methyl sites for hydroxylation is 1. The third kappa shape index (κ3) is 2.86. The van der Waals surface area contributed by atoms with Crippen LogP contribution in [0.5, 0.6) is 0 Å². The number of hydrogen-bond donors (Lipinski definition) is 1. The highest BCUT2D eigenvalue weighted by Gasteiger charge is 2.22. The van der Waals surface area contributed by atoms with Crippen molar-refractivity contribution >= 4 is 33.9 Å². The fourth-order valence-corrected chi connectivity index (χ4v) is 3.78. The minimum absolute atomic E-state index is 0.0172. The predicted molar refractivity (Wildman–Crippen MR) is 90.4 cm³/mol. The first-order chi connectivity index (χ1) is 10.2. The average molecular weight is 320 g/mol. The molecule has 0 spiro atoms. The first-order valence-electron chi connectivity index (χ1n) is 7.16. The van der Waals surface area contributed by atoms with E-state index in [1.165, 1.54) is 0 Å². The lowest BCUT2D eigenvalue weighted by Crippen LogP contribution is -2.22. The monoisotopic (exact) mass is 319 g/mol. The number of fused-ring (bicyclic) bond motifs is 1. The van der Waals surface area contributed by atoms with Crippen LogP contribution in [-0.4, -0.2) is 6.54 Å². The van der Waals surface area contributed by atoms with E-state index < -0.39 is 0 Å². The highest BCUT2D eigenvalue weighted by Crippen LogP contribution is 2.37. The van der Waals surface area contributed by atoms with E-state index in [0.717, 1.165) is 45.2 Å². The Labute approximate surface area is 133 Å². The summed E-state index contributed by atoms with van der Waals surface area (Å²) in [5, 5.41) is 7.61. The second kappa shape index (κ2) is 6.22. The van der Waals surface area contributed by atoms with Crippen LogP contribution in [0.1, 0.15) is 35.6 Å². The maximum atomic E-state index is 6.46. The smallest absolute Gasteiger partial charge is 0.134 e. The first kappa shape index (κ1) is 14.6. The summed E-state index contributed by atoms with van der Waals surface area (Å²) in [5.74, 6) is 0.924. The Morgan fingerprint density at radius 1 is 1.33 bits per heavy atom. The Morgan fingerprint density at radius 3 is 2.81 bits per heavy atom. The molecule has 3 aromatic rings. The predicted octanol–water partition coefficient (Wildman–Crippen LogP) is 5.55. The fourth-order valence-electron chi connectivity index (χ4n) is 2.40. The van der Waals surface area contributed by atoms with Crippen LogP contribution >= 0.6 is 22.9 Å². The summed E-state index contributed by atoms with van der Waals surface area (Å²) in [5.41, 5.74) is 2.04. The minimum Gasteiger partial charge on any atom is -0.459 e. The highest BCUT2D eigenvalue weighted by atomic mass is 35.5. The van der Waals surface area contributed by atoms with Crippen molar-refractivity contribution < 1.29 is 4.42 Å². The van der Waals surface area contributed by atoms with E-state index in [-0.39, 0.29) is 6.04 Å². The van der Waals surface area contributed by atoms with Gasteiger partial charge in [-0.05, 0) is 43.0 Å². The Balaban J connectivity index is 2.04. The van der Waals surface area contributed by atoms with Crippen LogP contribution in [0.25, 0.3) is 11.0 Å². The van der Waals surface area contributed by atoms with Gasteiger partial charge in [0.1, 0.15) is 17.4 Å². The van der Waals surface area contributed by atoms with E-state index in [4.69, 9.17) is 16.0 Å². The Bertz CT molecular complexity index is 713. The van der Waals surface area contributed by atoms with Gasteiger partial charge in [0.15, 0.2) is 0 Å². The summed E-state index contributed by atoms with van der Waals surface area (Å²) in [7, 11) is 0. The van der Waals surface area contributed by atoms with Gasteiger partial charge in [-0.15, -0.1) is 11.3 Å². The van der Waals surface area contributed by atoms with Crippen LogP contribution in [0.15, 0.2) is 40.1 Å². The van der Waals surface area contributed by atoms with Crippen molar-refractivity contribution in [1.29, 1.82) is 0 Å². The zero-order valence-electron chi connectivity index (χ0n) is 12.2. The van der Waals surface area contributed by atoms with Crippen molar-refractivity contribution in [1.82, 2.24) is 5.32 Å². The summed E-state index contributed by atoms with van der Waals surface area (Å²) in [6.45, 7) is 5.12. The molecule has 3 rings (SSSR count). The molecule has 0 saturated heterocycles. The van der Waals surface area contributed by atoms with Gasteiger partial charge in [0.25, 0.3) is 0 Å². The van der Waals surface area contributed by atoms with E-state index in [1.54, 1.807) is 11.3 Å². The third-order valence-corrected chi connectivity index (χ3v) is 5.29. The van der Waals surface area contributed by atoms with E-state index in [0.29, 0.717) is 0 Å². The topological polar surface area (TPSA) is 25.2 Å². The molecule has 0 amide bonds. The lowest BCUT2D eigenvalue weighted by Gasteiger charge is -2.15. The third-order valence-electron chi connectivity index (χ3n) is 3.51. The van der Waals surface area contributed by atoms with Crippen LogP contribution in [0, 0.1) is 6.92 Å². The number of nitrogens with one attached hydrogen (secondary N) is 1. The number of thiophene rings is 1. The van der Waals surface area contributed by atoms with Crippen LogP contribution in [0.4, 0.5) is 0 Å². The summed E-state index contributed by atoms with van der Waals surface area (Å²) in [6, 6.07) is 10.2. The number of rotatable bonds is 5. The average Bonchev–Trinajstić information content (AvgIpc) is 3.05. The zero-order chi connectivity index (χ0) is 14.8. The molecule has 0 aliphatic rings. The standard InChI is InChI=1S/C17H18ClNOS/c1-3-8-19-16(17-15(18)11(2)10-21-17)14-9-12-6-4-5-7-13(12)20-14/h4-7,9-10,16,19H,3,8H2,1-2H3. The van der Waals surface area contributed by atoms with Crippen molar-refractivity contribution in [2.24, 2.45) is 0 Å². The van der Waals surface area contributed by atoms with E-state index in [9.17, 15) is 0 Å². The molecule has 0 bridgehead atoms. The van der Waals surface area contributed by atoms with Crippen LogP contribution in [0.2, 0.25) is 5.02 Å². The van der Waals surface area contributed by atoms with Crippen molar-refractivity contribution in [3.63, 3.8) is 0 Å². The van der Waals surface area contributed by atoms with Crippen molar-refractivity contribution in [3.8, 4) is 0 Å². The largest absolute Gasteiger partial charge is 0.459 e. The summed E-state index contributed by atoms with van der Waals surface area (Å²) >= 11 is 8.14. The number of hydrogen-bond acceptors (Lipinski definition) is 3. The maximum Gasteiger partial charge on any atom is 0.134 e. The molecular weight excluding hydrogens is 302 g/mol. The molecule has 1 unspecified atom stereocenters. The first-order valence-corrected chi connectivity index (χ1v) is 8.41. The molecule has 4 heteroatoms. The molecule has 0 saturated carbocycles. The number of para-hydroxylation sites is 1.